The summed E-state index contributed by atoms with van der Waals surface area (Å²) in [6.45, 7) is 0.446. The fourth-order valence-corrected chi connectivity index (χ4v) is 5.13. The van der Waals surface area contributed by atoms with Gasteiger partial charge >= 0.3 is 0 Å². The van der Waals surface area contributed by atoms with Gasteiger partial charge in [-0.05, 0) is 22.4 Å². The molecule has 4 nitrogen and oxygen atoms in total. The van der Waals surface area contributed by atoms with Crippen molar-refractivity contribution < 1.29 is 13.2 Å². The second kappa shape index (κ2) is 5.87. The molecule has 1 atom stereocenters. The molecule has 1 saturated heterocycles. The van der Waals surface area contributed by atoms with Crippen molar-refractivity contribution in [3.8, 4) is 0 Å². The topological polar surface area (TPSA) is 63.2 Å². The molecule has 0 amide bonds. The van der Waals surface area contributed by atoms with Crippen LogP contribution in [0.25, 0.3) is 10.1 Å². The maximum atomic E-state index is 12.2. The van der Waals surface area contributed by atoms with E-state index in [-0.39, 0.29) is 29.8 Å². The Morgan fingerprint density at radius 2 is 2.14 bits per heavy atom. The molecule has 2 aromatic rings. The molecule has 0 bridgehead atoms. The van der Waals surface area contributed by atoms with Gasteiger partial charge in [-0.25, -0.2) is 8.42 Å². The lowest BCUT2D eigenvalue weighted by Crippen LogP contribution is -2.46. The molecule has 3 rings (SSSR count). The van der Waals surface area contributed by atoms with E-state index in [1.54, 1.807) is 11.3 Å². The number of carbonyl (C=O) groups excluding carboxylic acids is 1. The average Bonchev–Trinajstić information content (AvgIpc) is 2.81. The first-order valence-electron chi connectivity index (χ1n) is 6.94. The number of nitrogens with one attached hydrogen (secondary N) is 1. The molecule has 0 saturated carbocycles. The Kier molecular flexibility index (Phi) is 4.10. The van der Waals surface area contributed by atoms with E-state index in [9.17, 15) is 13.2 Å². The molecule has 6 heteroatoms. The van der Waals surface area contributed by atoms with Gasteiger partial charge in [0.25, 0.3) is 0 Å². The average molecular weight is 323 g/mol. The van der Waals surface area contributed by atoms with E-state index < -0.39 is 9.84 Å². The third-order valence-corrected chi connectivity index (χ3v) is 6.47. The van der Waals surface area contributed by atoms with Crippen LogP contribution in [0, 0.1) is 0 Å². The van der Waals surface area contributed by atoms with Crippen molar-refractivity contribution >= 4 is 37.0 Å². The summed E-state index contributed by atoms with van der Waals surface area (Å²) >= 11 is 1.64. The minimum atomic E-state index is -2.99. The fraction of sp³-hybridized carbons (Fsp3) is 0.400. The number of hydrogen-bond donors (Lipinski definition) is 1. The van der Waals surface area contributed by atoms with E-state index in [0.29, 0.717) is 13.0 Å². The van der Waals surface area contributed by atoms with Crippen LogP contribution in [0.1, 0.15) is 12.0 Å². The maximum Gasteiger partial charge on any atom is 0.153 e. The molecule has 1 fully saturated rings. The molecule has 1 unspecified atom stereocenters. The van der Waals surface area contributed by atoms with Gasteiger partial charge in [0.2, 0.25) is 0 Å². The molecule has 1 aliphatic rings. The summed E-state index contributed by atoms with van der Waals surface area (Å²) in [7, 11) is -2.99. The summed E-state index contributed by atoms with van der Waals surface area (Å²) in [4.78, 5) is 12.2. The van der Waals surface area contributed by atoms with Crippen LogP contribution in [0.4, 0.5) is 0 Å². The Bertz CT molecular complexity index is 764. The first-order valence-corrected chi connectivity index (χ1v) is 9.64. The maximum absolute atomic E-state index is 12.2. The van der Waals surface area contributed by atoms with Gasteiger partial charge < -0.3 is 5.32 Å². The summed E-state index contributed by atoms with van der Waals surface area (Å²) in [5, 5.41) is 6.27. The zero-order chi connectivity index (χ0) is 14.9. The number of sulfone groups is 1. The first-order chi connectivity index (χ1) is 10.0. The van der Waals surface area contributed by atoms with Crippen LogP contribution in [0.2, 0.25) is 0 Å². The van der Waals surface area contributed by atoms with Crippen molar-refractivity contribution in [1.29, 1.82) is 0 Å². The van der Waals surface area contributed by atoms with Gasteiger partial charge in [-0.1, -0.05) is 18.2 Å². The van der Waals surface area contributed by atoms with Gasteiger partial charge in [-0.2, -0.15) is 0 Å². The first kappa shape index (κ1) is 14.7. The number of fused-ring (bicyclic) bond motifs is 1. The summed E-state index contributed by atoms with van der Waals surface area (Å²) < 4.78 is 24.3. The minimum Gasteiger partial charge on any atom is -0.312 e. The van der Waals surface area contributed by atoms with E-state index in [1.165, 1.54) is 4.70 Å². The van der Waals surface area contributed by atoms with Gasteiger partial charge in [0.15, 0.2) is 9.84 Å². The van der Waals surface area contributed by atoms with E-state index in [0.717, 1.165) is 10.9 Å². The molecule has 0 spiro atoms. The highest BCUT2D eigenvalue weighted by Crippen LogP contribution is 2.26. The Morgan fingerprint density at radius 3 is 2.95 bits per heavy atom. The van der Waals surface area contributed by atoms with E-state index in [4.69, 9.17) is 0 Å². The Morgan fingerprint density at radius 1 is 1.33 bits per heavy atom. The number of hydrogen-bond acceptors (Lipinski definition) is 5. The SMILES string of the molecule is O=C(Cc1csc2ccccc12)CC1CS(=O)(=O)CCN1. The fourth-order valence-electron chi connectivity index (χ4n) is 2.73. The molecule has 2 heterocycles. The molecule has 0 aliphatic carbocycles. The van der Waals surface area contributed by atoms with Gasteiger partial charge in [-0.3, -0.25) is 4.79 Å². The summed E-state index contributed by atoms with van der Waals surface area (Å²) in [6.07, 6.45) is 0.658. The molecular formula is C15H17NO3S2. The highest BCUT2D eigenvalue weighted by atomic mass is 32.2. The quantitative estimate of drug-likeness (QED) is 0.932. The molecule has 1 N–H and O–H groups in total. The van der Waals surface area contributed by atoms with Gasteiger partial charge in [0, 0.05) is 30.1 Å². The third kappa shape index (κ3) is 3.51. The van der Waals surface area contributed by atoms with Crippen LogP contribution < -0.4 is 5.32 Å². The van der Waals surface area contributed by atoms with Crippen molar-refractivity contribution in [1.82, 2.24) is 5.32 Å². The predicted molar refractivity (Wildman–Crippen MR) is 85.6 cm³/mol. The Balaban J connectivity index is 1.67. The van der Waals surface area contributed by atoms with Gasteiger partial charge in [-0.15, -0.1) is 11.3 Å². The van der Waals surface area contributed by atoms with E-state index in [2.05, 4.69) is 5.32 Å². The van der Waals surface area contributed by atoms with Crippen LogP contribution in [-0.4, -0.2) is 38.3 Å². The molecule has 1 aromatic carbocycles. The highest BCUT2D eigenvalue weighted by Gasteiger charge is 2.26. The van der Waals surface area contributed by atoms with Crippen LogP contribution in [-0.2, 0) is 21.1 Å². The summed E-state index contributed by atoms with van der Waals surface area (Å²) in [6, 6.07) is 7.79. The molecular weight excluding hydrogens is 306 g/mol. The van der Waals surface area contributed by atoms with Crippen LogP contribution in [0.3, 0.4) is 0 Å². The van der Waals surface area contributed by atoms with Crippen molar-refractivity contribution in [2.24, 2.45) is 0 Å². The molecule has 1 aliphatic heterocycles. The molecule has 1 aromatic heterocycles. The van der Waals surface area contributed by atoms with Gasteiger partial charge in [0.1, 0.15) is 5.78 Å². The van der Waals surface area contributed by atoms with Crippen LogP contribution >= 0.6 is 11.3 Å². The van der Waals surface area contributed by atoms with Gasteiger partial charge in [0.05, 0.1) is 11.5 Å². The predicted octanol–water partition coefficient (Wildman–Crippen LogP) is 1.79. The Labute approximate surface area is 128 Å². The highest BCUT2D eigenvalue weighted by molar-refractivity contribution is 7.91. The normalized spacial score (nSPS) is 21.4. The lowest BCUT2D eigenvalue weighted by atomic mass is 10.0. The van der Waals surface area contributed by atoms with E-state index in [1.807, 2.05) is 29.6 Å². The standard InChI is InChI=1S/C15H17NO3S2/c17-13(8-12-10-21(18,19)6-5-16-12)7-11-9-20-15-4-2-1-3-14(11)15/h1-4,9,12,16H,5-8,10H2. The number of benzene rings is 1. The van der Waals surface area contributed by atoms with Crippen molar-refractivity contribution in [3.05, 3.63) is 35.2 Å². The second-order valence-electron chi connectivity index (χ2n) is 5.44. The summed E-state index contributed by atoms with van der Waals surface area (Å²) in [5.74, 6) is 0.337. The molecule has 0 radical (unpaired) electrons. The number of ketones is 1. The largest absolute Gasteiger partial charge is 0.312 e. The number of thiophene rings is 1. The summed E-state index contributed by atoms with van der Waals surface area (Å²) in [5.41, 5.74) is 1.04. The number of rotatable bonds is 4. The smallest absolute Gasteiger partial charge is 0.153 e. The lowest BCUT2D eigenvalue weighted by Gasteiger charge is -2.22. The van der Waals surface area contributed by atoms with E-state index >= 15 is 0 Å². The minimum absolute atomic E-state index is 0.0725. The Hall–Kier alpha value is -1.24. The van der Waals surface area contributed by atoms with Crippen molar-refractivity contribution in [3.63, 3.8) is 0 Å². The molecule has 21 heavy (non-hydrogen) atoms. The monoisotopic (exact) mass is 323 g/mol. The van der Waals surface area contributed by atoms with Crippen molar-refractivity contribution in [2.45, 2.75) is 18.9 Å². The van der Waals surface area contributed by atoms with Crippen LogP contribution in [0.15, 0.2) is 29.6 Å². The third-order valence-electron chi connectivity index (χ3n) is 3.72. The second-order valence-corrected chi connectivity index (χ2v) is 8.58. The number of Topliss-reactive ketones (excluding diaryl/α,β-unsaturated/α-hetero) is 1. The molecule has 112 valence electrons. The zero-order valence-corrected chi connectivity index (χ0v) is 13.2. The number of carbonyl (C=O) groups is 1. The van der Waals surface area contributed by atoms with Crippen molar-refractivity contribution in [2.75, 3.05) is 18.1 Å². The zero-order valence-electron chi connectivity index (χ0n) is 11.5. The van der Waals surface area contributed by atoms with Crippen LogP contribution in [0.5, 0.6) is 0 Å². The lowest BCUT2D eigenvalue weighted by molar-refractivity contribution is -0.118.